The minimum Gasteiger partial charge on any atom is -0.477 e. The third-order valence-corrected chi connectivity index (χ3v) is 7.79. The summed E-state index contributed by atoms with van der Waals surface area (Å²) in [5, 5.41) is 15.9. The summed E-state index contributed by atoms with van der Waals surface area (Å²) >= 11 is 3.89. The van der Waals surface area contributed by atoms with Crippen molar-refractivity contribution in [3.8, 4) is 0 Å². The number of pyridine rings is 1. The van der Waals surface area contributed by atoms with Crippen LogP contribution in [0.5, 0.6) is 0 Å². The average molecular weight is 537 g/mol. The molecule has 2 atom stereocenters. The molecule has 35 heavy (non-hydrogen) atoms. The fourth-order valence-corrected chi connectivity index (χ4v) is 5.73. The lowest BCUT2D eigenvalue weighted by atomic mass is 10.0. The smallest absolute Gasteiger partial charge is 0.352 e. The number of β-lactam (4-membered cyclic amide) rings is 1. The summed E-state index contributed by atoms with van der Waals surface area (Å²) in [5.41, 5.74) is 5.95. The van der Waals surface area contributed by atoms with Gasteiger partial charge < -0.3 is 21.0 Å². The van der Waals surface area contributed by atoms with Gasteiger partial charge in [0.25, 0.3) is 11.8 Å². The van der Waals surface area contributed by atoms with Crippen LogP contribution in [0.4, 0.5) is 5.13 Å². The van der Waals surface area contributed by atoms with Crippen molar-refractivity contribution in [1.82, 2.24) is 19.6 Å². The Labute approximate surface area is 212 Å². The number of fused-ring (bicyclic) bond motifs is 1. The van der Waals surface area contributed by atoms with E-state index in [9.17, 15) is 19.5 Å². The predicted molar refractivity (Wildman–Crippen MR) is 131 cm³/mol. The summed E-state index contributed by atoms with van der Waals surface area (Å²) < 4.78 is 5.85. The van der Waals surface area contributed by atoms with Crippen molar-refractivity contribution in [3.05, 3.63) is 41.6 Å². The number of nitrogens with one attached hydrogen (secondary N) is 1. The molecule has 2 aliphatic rings. The predicted octanol–water partition coefficient (Wildman–Crippen LogP) is 0.309. The third-order valence-electron chi connectivity index (χ3n) is 5.16. The van der Waals surface area contributed by atoms with Crippen LogP contribution in [-0.4, -0.2) is 72.9 Å². The Bertz CT molecular complexity index is 1210. The van der Waals surface area contributed by atoms with Gasteiger partial charge in [0.15, 0.2) is 24.1 Å². The van der Waals surface area contributed by atoms with Gasteiger partial charge in [-0.25, -0.2) is 9.36 Å². The molecule has 1 saturated heterocycles. The normalized spacial score (nSPS) is 19.8. The van der Waals surface area contributed by atoms with Gasteiger partial charge in [0.2, 0.25) is 11.5 Å². The first-order valence-electron chi connectivity index (χ1n) is 10.4. The Morgan fingerprint density at radius 1 is 1.43 bits per heavy atom. The third kappa shape index (κ3) is 5.11. The number of aromatic nitrogens is 3. The van der Waals surface area contributed by atoms with Gasteiger partial charge in [0, 0.05) is 39.9 Å². The Morgan fingerprint density at radius 2 is 2.17 bits per heavy atom. The summed E-state index contributed by atoms with van der Waals surface area (Å²) in [4.78, 5) is 49.3. The molecular weight excluding hydrogens is 514 g/mol. The molecule has 0 bridgehead atoms. The lowest BCUT2D eigenvalue weighted by Crippen LogP contribution is -2.71. The van der Waals surface area contributed by atoms with Gasteiger partial charge in [-0.2, -0.15) is 9.36 Å². The maximum atomic E-state index is 13.0. The standard InChI is InChI=1S/C20H21N7O5S3/c1-3-32-24-12(15-23-20(21)35-25-15)16(28)22-13-17(29)27-14(19(30)31)10(9-34-18(13)27)8-26-6-4-11(33-2)5-7-26/h4-7,13,18H,3,8-9H2,1-2H3,(H3-,21,22,23,25,28,30,31)/p+1/t13?,18-/m1/s1. The number of rotatable bonds is 9. The van der Waals surface area contributed by atoms with E-state index in [-0.39, 0.29) is 29.0 Å². The Hall–Kier alpha value is -3.17. The quantitative estimate of drug-likeness (QED) is 0.134. The van der Waals surface area contributed by atoms with E-state index in [2.05, 4.69) is 19.8 Å². The molecule has 12 nitrogen and oxygen atoms in total. The number of hydrogen-bond donors (Lipinski definition) is 3. The van der Waals surface area contributed by atoms with Crippen LogP contribution in [-0.2, 0) is 25.8 Å². The first-order chi connectivity index (χ1) is 16.8. The first-order valence-corrected chi connectivity index (χ1v) is 13.4. The number of anilines is 1. The zero-order chi connectivity index (χ0) is 25.1. The molecule has 15 heteroatoms. The number of thioether (sulfide) groups is 2. The van der Waals surface area contributed by atoms with Gasteiger partial charge in [0.1, 0.15) is 23.7 Å². The zero-order valence-corrected chi connectivity index (χ0v) is 21.2. The number of nitrogens with two attached hydrogens (primary N) is 1. The van der Waals surface area contributed by atoms with Crippen molar-refractivity contribution in [1.29, 1.82) is 0 Å². The molecular formula is C20H22N7O5S3+. The molecule has 2 aromatic heterocycles. The summed E-state index contributed by atoms with van der Waals surface area (Å²) in [6.07, 6.45) is 5.71. The van der Waals surface area contributed by atoms with Crippen LogP contribution in [0, 0.1) is 0 Å². The summed E-state index contributed by atoms with van der Waals surface area (Å²) in [7, 11) is 0. The Kier molecular flexibility index (Phi) is 7.57. The van der Waals surface area contributed by atoms with E-state index in [1.54, 1.807) is 18.7 Å². The SMILES string of the molecule is CCON=C(C(=O)NC1C(=O)N2C(C(=O)O)=C(C[n+]3ccc(SC)cc3)CS[C@H]12)c1nsc(N)n1. The van der Waals surface area contributed by atoms with Crippen molar-refractivity contribution < 1.29 is 28.9 Å². The number of aliphatic carboxylic acids is 1. The van der Waals surface area contributed by atoms with Crippen LogP contribution >= 0.6 is 35.1 Å². The van der Waals surface area contributed by atoms with Crippen LogP contribution in [0.2, 0.25) is 0 Å². The fourth-order valence-electron chi connectivity index (χ4n) is 3.56. The second-order valence-electron chi connectivity index (χ2n) is 7.34. The highest BCUT2D eigenvalue weighted by Gasteiger charge is 2.54. The van der Waals surface area contributed by atoms with E-state index in [1.165, 1.54) is 16.7 Å². The first kappa shape index (κ1) is 24.9. The summed E-state index contributed by atoms with van der Waals surface area (Å²) in [5.74, 6) is -2.05. The van der Waals surface area contributed by atoms with E-state index in [1.807, 2.05) is 35.3 Å². The van der Waals surface area contributed by atoms with Crippen molar-refractivity contribution >= 4 is 63.7 Å². The molecule has 4 heterocycles. The van der Waals surface area contributed by atoms with Crippen LogP contribution in [0.3, 0.4) is 0 Å². The molecule has 0 aromatic carbocycles. The lowest BCUT2D eigenvalue weighted by Gasteiger charge is -2.49. The Morgan fingerprint density at radius 3 is 2.77 bits per heavy atom. The highest BCUT2D eigenvalue weighted by atomic mass is 32.2. The monoisotopic (exact) mass is 536 g/mol. The zero-order valence-electron chi connectivity index (χ0n) is 18.7. The highest BCUT2D eigenvalue weighted by molar-refractivity contribution is 8.00. The number of nitrogen functional groups attached to an aromatic ring is 1. The average Bonchev–Trinajstić information content (AvgIpc) is 3.28. The van der Waals surface area contributed by atoms with Gasteiger partial charge in [-0.05, 0) is 13.2 Å². The van der Waals surface area contributed by atoms with Crippen LogP contribution < -0.4 is 15.6 Å². The van der Waals surface area contributed by atoms with Crippen molar-refractivity contribution in [2.24, 2.45) is 5.16 Å². The molecule has 0 saturated carbocycles. The minimum atomic E-state index is -1.19. The number of carboxylic acids is 1. The number of hydrogen-bond acceptors (Lipinski definition) is 11. The topological polar surface area (TPSA) is 164 Å². The van der Waals surface area contributed by atoms with Gasteiger partial charge in [-0.15, -0.1) is 23.5 Å². The lowest BCUT2D eigenvalue weighted by molar-refractivity contribution is -0.689. The molecule has 0 radical (unpaired) electrons. The van der Waals surface area contributed by atoms with Crippen LogP contribution in [0.1, 0.15) is 12.7 Å². The van der Waals surface area contributed by atoms with Crippen LogP contribution in [0.15, 0.2) is 45.8 Å². The largest absolute Gasteiger partial charge is 0.477 e. The molecule has 4 N–H and O–H groups in total. The van der Waals surface area contributed by atoms with E-state index in [0.29, 0.717) is 17.9 Å². The molecule has 0 aliphatic carbocycles. The molecule has 2 amide bonds. The molecule has 1 unspecified atom stereocenters. The maximum absolute atomic E-state index is 13.0. The minimum absolute atomic E-state index is 0.0173. The summed E-state index contributed by atoms with van der Waals surface area (Å²) in [6, 6.07) is 2.95. The number of carbonyl (C=O) groups is 3. The van der Waals surface area contributed by atoms with Crippen molar-refractivity contribution in [3.63, 3.8) is 0 Å². The van der Waals surface area contributed by atoms with E-state index < -0.39 is 29.2 Å². The Balaban J connectivity index is 1.52. The van der Waals surface area contributed by atoms with E-state index in [4.69, 9.17) is 10.6 Å². The number of oxime groups is 1. The molecule has 0 spiro atoms. The number of carbonyl (C=O) groups excluding carboxylic acids is 2. The number of carboxylic acid groups (broad SMARTS) is 1. The van der Waals surface area contributed by atoms with Gasteiger partial charge >= 0.3 is 5.97 Å². The number of amides is 2. The van der Waals surface area contributed by atoms with Gasteiger partial charge in [-0.1, -0.05) is 5.16 Å². The van der Waals surface area contributed by atoms with Crippen molar-refractivity contribution in [2.75, 3.05) is 24.3 Å². The van der Waals surface area contributed by atoms with Crippen molar-refractivity contribution in [2.45, 2.75) is 29.8 Å². The van der Waals surface area contributed by atoms with Crippen LogP contribution in [0.25, 0.3) is 0 Å². The summed E-state index contributed by atoms with van der Waals surface area (Å²) in [6.45, 7) is 2.23. The second-order valence-corrected chi connectivity index (χ2v) is 10.1. The molecule has 184 valence electrons. The van der Waals surface area contributed by atoms with Gasteiger partial charge in [-0.3, -0.25) is 14.5 Å². The van der Waals surface area contributed by atoms with E-state index in [0.717, 1.165) is 16.4 Å². The maximum Gasteiger partial charge on any atom is 0.352 e. The van der Waals surface area contributed by atoms with Gasteiger partial charge in [0.05, 0.1) is 0 Å². The second kappa shape index (κ2) is 10.6. The molecule has 2 aliphatic heterocycles. The fraction of sp³-hybridized carbons (Fsp3) is 0.350. The van der Waals surface area contributed by atoms with E-state index >= 15 is 0 Å². The number of nitrogens with zero attached hydrogens (tertiary/aromatic N) is 5. The highest BCUT2D eigenvalue weighted by Crippen LogP contribution is 2.40. The molecule has 2 aromatic rings. The molecule has 1 fully saturated rings. The molecule has 4 rings (SSSR count).